The number of aromatic nitrogens is 1. The number of rotatable bonds is 3. The zero-order valence-electron chi connectivity index (χ0n) is 11.0. The molecule has 112 valence electrons. The molecular formula is C13H24Cl3N3. The van der Waals surface area contributed by atoms with Crippen LogP contribution in [0.5, 0.6) is 0 Å². The van der Waals surface area contributed by atoms with Crippen molar-refractivity contribution in [3.63, 3.8) is 0 Å². The smallest absolute Gasteiger partial charge is 0.0404 e. The zero-order valence-corrected chi connectivity index (χ0v) is 13.4. The van der Waals surface area contributed by atoms with E-state index in [1.807, 2.05) is 18.3 Å². The van der Waals surface area contributed by atoms with E-state index in [9.17, 15) is 0 Å². The molecule has 0 aliphatic heterocycles. The molecule has 0 bridgehead atoms. The largest absolute Gasteiger partial charge is 0.328 e. The van der Waals surface area contributed by atoms with Gasteiger partial charge in [-0.1, -0.05) is 6.07 Å². The molecule has 0 spiro atoms. The third kappa shape index (κ3) is 6.77. The second-order valence-electron chi connectivity index (χ2n) is 5.02. The average molecular weight is 329 g/mol. The molecule has 1 aliphatic rings. The molecule has 0 aromatic carbocycles. The van der Waals surface area contributed by atoms with E-state index in [-0.39, 0.29) is 42.8 Å². The minimum absolute atomic E-state index is 0. The number of halogens is 3. The van der Waals surface area contributed by atoms with Gasteiger partial charge in [-0.3, -0.25) is 4.98 Å². The predicted molar refractivity (Wildman–Crippen MR) is 87.7 cm³/mol. The first-order chi connectivity index (χ1) is 7.68. The molecule has 1 aliphatic carbocycles. The highest BCUT2D eigenvalue weighted by atomic mass is 35.5. The van der Waals surface area contributed by atoms with Crippen molar-refractivity contribution in [2.75, 3.05) is 0 Å². The molecule has 1 fully saturated rings. The Morgan fingerprint density at radius 3 is 2.32 bits per heavy atom. The Morgan fingerprint density at radius 2 is 1.79 bits per heavy atom. The summed E-state index contributed by atoms with van der Waals surface area (Å²) in [6.45, 7) is 0. The van der Waals surface area contributed by atoms with Crippen LogP contribution in [0.15, 0.2) is 24.4 Å². The SMILES string of the molecule is Cl.Cl.Cl.NC1CCC(N)(CCc2ccccn2)CC1. The van der Waals surface area contributed by atoms with Crippen LogP contribution in [-0.4, -0.2) is 16.6 Å². The standard InChI is InChI=1S/C13H21N3.3ClH/c14-11-4-7-13(15,8-5-11)9-6-12-3-1-2-10-16-12;;;/h1-3,10-11H,4-9,14-15H2;3*1H. The summed E-state index contributed by atoms with van der Waals surface area (Å²) in [7, 11) is 0. The van der Waals surface area contributed by atoms with Gasteiger partial charge in [0.2, 0.25) is 0 Å². The van der Waals surface area contributed by atoms with Gasteiger partial charge in [-0.2, -0.15) is 0 Å². The van der Waals surface area contributed by atoms with Gasteiger partial charge in [-0.05, 0) is 50.7 Å². The second kappa shape index (κ2) is 9.78. The van der Waals surface area contributed by atoms with Crippen molar-refractivity contribution in [2.24, 2.45) is 11.5 Å². The van der Waals surface area contributed by atoms with Crippen molar-refractivity contribution < 1.29 is 0 Å². The number of nitrogens with two attached hydrogens (primary N) is 2. The van der Waals surface area contributed by atoms with Crippen molar-refractivity contribution in [1.82, 2.24) is 4.98 Å². The van der Waals surface area contributed by atoms with Gasteiger partial charge in [0.25, 0.3) is 0 Å². The first-order valence-corrected chi connectivity index (χ1v) is 6.12. The summed E-state index contributed by atoms with van der Waals surface area (Å²) in [6.07, 6.45) is 8.10. The molecule has 1 heterocycles. The Bertz CT molecular complexity index is 327. The van der Waals surface area contributed by atoms with Crippen molar-refractivity contribution in [3.8, 4) is 0 Å². The van der Waals surface area contributed by atoms with Crippen LogP contribution in [-0.2, 0) is 6.42 Å². The molecule has 0 amide bonds. The van der Waals surface area contributed by atoms with Crippen LogP contribution < -0.4 is 11.5 Å². The van der Waals surface area contributed by atoms with E-state index in [2.05, 4.69) is 11.1 Å². The van der Waals surface area contributed by atoms with Crippen LogP contribution in [0, 0.1) is 0 Å². The fourth-order valence-electron chi connectivity index (χ4n) is 2.39. The highest BCUT2D eigenvalue weighted by molar-refractivity contribution is 5.86. The van der Waals surface area contributed by atoms with Gasteiger partial charge >= 0.3 is 0 Å². The maximum absolute atomic E-state index is 6.39. The maximum atomic E-state index is 6.39. The third-order valence-electron chi connectivity index (χ3n) is 3.63. The molecule has 0 saturated heterocycles. The number of pyridine rings is 1. The molecule has 19 heavy (non-hydrogen) atoms. The van der Waals surface area contributed by atoms with Gasteiger partial charge in [0.15, 0.2) is 0 Å². The van der Waals surface area contributed by atoms with Crippen LogP contribution in [0.2, 0.25) is 0 Å². The third-order valence-corrected chi connectivity index (χ3v) is 3.63. The summed E-state index contributed by atoms with van der Waals surface area (Å²) in [5, 5.41) is 0. The fourth-order valence-corrected chi connectivity index (χ4v) is 2.39. The zero-order chi connectivity index (χ0) is 11.4. The fraction of sp³-hybridized carbons (Fsp3) is 0.615. The van der Waals surface area contributed by atoms with Crippen molar-refractivity contribution in [1.29, 1.82) is 0 Å². The Morgan fingerprint density at radius 1 is 1.16 bits per heavy atom. The highest BCUT2D eigenvalue weighted by Crippen LogP contribution is 2.29. The van der Waals surface area contributed by atoms with Gasteiger partial charge < -0.3 is 11.5 Å². The van der Waals surface area contributed by atoms with Gasteiger partial charge in [0.1, 0.15) is 0 Å². The summed E-state index contributed by atoms with van der Waals surface area (Å²) in [6, 6.07) is 6.41. The number of aryl methyl sites for hydroxylation is 1. The Hall–Kier alpha value is -0.0600. The lowest BCUT2D eigenvalue weighted by Gasteiger charge is -2.36. The molecule has 6 heteroatoms. The van der Waals surface area contributed by atoms with Gasteiger partial charge in [0, 0.05) is 23.5 Å². The maximum Gasteiger partial charge on any atom is 0.0404 e. The lowest BCUT2D eigenvalue weighted by molar-refractivity contribution is 0.257. The summed E-state index contributed by atoms with van der Waals surface area (Å²) in [5.41, 5.74) is 13.4. The number of nitrogens with zero attached hydrogens (tertiary/aromatic N) is 1. The molecule has 1 aromatic rings. The topological polar surface area (TPSA) is 64.9 Å². The van der Waals surface area contributed by atoms with E-state index in [4.69, 9.17) is 11.5 Å². The molecule has 1 aromatic heterocycles. The summed E-state index contributed by atoms with van der Waals surface area (Å²) < 4.78 is 0. The second-order valence-corrected chi connectivity index (χ2v) is 5.02. The quantitative estimate of drug-likeness (QED) is 0.896. The molecule has 0 atom stereocenters. The van der Waals surface area contributed by atoms with Crippen LogP contribution in [0.1, 0.15) is 37.8 Å². The van der Waals surface area contributed by atoms with Gasteiger partial charge in [0.05, 0.1) is 0 Å². The molecule has 0 radical (unpaired) electrons. The predicted octanol–water partition coefficient (Wildman–Crippen LogP) is 2.88. The van der Waals surface area contributed by atoms with E-state index in [1.54, 1.807) is 0 Å². The minimum atomic E-state index is -0.00656. The Labute approximate surface area is 134 Å². The first kappa shape index (κ1) is 21.2. The lowest BCUT2D eigenvalue weighted by Crippen LogP contribution is -2.46. The Kier molecular flexibility index (Phi) is 10.9. The molecule has 2 rings (SSSR count). The summed E-state index contributed by atoms with van der Waals surface area (Å²) in [5.74, 6) is 0. The highest BCUT2D eigenvalue weighted by Gasteiger charge is 2.29. The normalized spacial score (nSPS) is 25.5. The monoisotopic (exact) mass is 327 g/mol. The van der Waals surface area contributed by atoms with Gasteiger partial charge in [-0.25, -0.2) is 0 Å². The van der Waals surface area contributed by atoms with E-state index in [0.29, 0.717) is 6.04 Å². The van der Waals surface area contributed by atoms with Crippen LogP contribution in [0.4, 0.5) is 0 Å². The average Bonchev–Trinajstić information content (AvgIpc) is 2.33. The summed E-state index contributed by atoms with van der Waals surface area (Å²) >= 11 is 0. The minimum Gasteiger partial charge on any atom is -0.328 e. The van der Waals surface area contributed by atoms with E-state index in [1.165, 1.54) is 0 Å². The van der Waals surface area contributed by atoms with Crippen molar-refractivity contribution in [3.05, 3.63) is 30.1 Å². The van der Waals surface area contributed by atoms with E-state index < -0.39 is 0 Å². The number of hydrogen-bond donors (Lipinski definition) is 2. The van der Waals surface area contributed by atoms with E-state index in [0.717, 1.165) is 44.2 Å². The summed E-state index contributed by atoms with van der Waals surface area (Å²) in [4.78, 5) is 4.33. The van der Waals surface area contributed by atoms with Crippen molar-refractivity contribution in [2.45, 2.75) is 50.1 Å². The first-order valence-electron chi connectivity index (χ1n) is 6.12. The molecule has 4 N–H and O–H groups in total. The molecule has 0 unspecified atom stereocenters. The molecular weight excluding hydrogens is 305 g/mol. The van der Waals surface area contributed by atoms with Crippen molar-refractivity contribution >= 4 is 37.2 Å². The van der Waals surface area contributed by atoms with Crippen LogP contribution >= 0.6 is 37.2 Å². The number of hydrogen-bond acceptors (Lipinski definition) is 3. The molecule has 3 nitrogen and oxygen atoms in total. The van der Waals surface area contributed by atoms with Crippen LogP contribution in [0.3, 0.4) is 0 Å². The van der Waals surface area contributed by atoms with Crippen LogP contribution in [0.25, 0.3) is 0 Å². The lowest BCUT2D eigenvalue weighted by atomic mass is 9.77. The van der Waals surface area contributed by atoms with E-state index >= 15 is 0 Å². The Balaban J connectivity index is 0. The molecule has 1 saturated carbocycles. The van der Waals surface area contributed by atoms with Gasteiger partial charge in [-0.15, -0.1) is 37.2 Å².